The molecule has 2 aromatic rings. The number of pyridine rings is 1. The number of aromatic nitrogens is 3. The molecule has 0 aromatic carbocycles. The topological polar surface area (TPSA) is 73.9 Å². The number of likely N-dealkylation sites (tertiary alicyclic amines) is 1. The van der Waals surface area contributed by atoms with E-state index in [1.807, 2.05) is 17.2 Å². The largest absolute Gasteiger partial charge is 0.348 e. The summed E-state index contributed by atoms with van der Waals surface area (Å²) < 4.78 is 0. The number of aryl methyl sites for hydroxylation is 1. The van der Waals surface area contributed by atoms with Crippen molar-refractivity contribution >= 4 is 5.91 Å². The predicted octanol–water partition coefficient (Wildman–Crippen LogP) is 1.44. The summed E-state index contributed by atoms with van der Waals surface area (Å²) in [4.78, 5) is 25.5. The summed E-state index contributed by atoms with van der Waals surface area (Å²) >= 11 is 0. The Morgan fingerprint density at radius 1 is 1.43 bits per heavy atom. The fourth-order valence-corrected chi connectivity index (χ4v) is 2.93. The highest BCUT2D eigenvalue weighted by Gasteiger charge is 2.22. The molecule has 0 spiro atoms. The third-order valence-corrected chi connectivity index (χ3v) is 4.42. The number of carbonyl (C=O) groups excluding carboxylic acids is 1. The maximum absolute atomic E-state index is 12.2. The van der Waals surface area contributed by atoms with E-state index in [0.29, 0.717) is 12.5 Å². The quantitative estimate of drug-likeness (QED) is 0.876. The van der Waals surface area contributed by atoms with Crippen molar-refractivity contribution in [1.29, 1.82) is 0 Å². The zero-order valence-electron chi connectivity index (χ0n) is 13.5. The van der Waals surface area contributed by atoms with Crippen LogP contribution in [-0.4, -0.2) is 44.9 Å². The Kier molecular flexibility index (Phi) is 5.02. The summed E-state index contributed by atoms with van der Waals surface area (Å²) in [5.41, 5.74) is 3.19. The average molecular weight is 313 g/mol. The van der Waals surface area contributed by atoms with Gasteiger partial charge in [-0.25, -0.2) is 4.98 Å². The fraction of sp³-hybridized carbons (Fsp3) is 0.471. The normalized spacial score (nSPS) is 15.8. The van der Waals surface area contributed by atoms with E-state index in [-0.39, 0.29) is 5.91 Å². The van der Waals surface area contributed by atoms with Gasteiger partial charge >= 0.3 is 0 Å². The van der Waals surface area contributed by atoms with E-state index >= 15 is 0 Å². The first-order chi connectivity index (χ1) is 11.2. The first kappa shape index (κ1) is 15.7. The second-order valence-electron chi connectivity index (χ2n) is 6.06. The Morgan fingerprint density at radius 3 is 2.96 bits per heavy atom. The Bertz CT molecular complexity index is 632. The number of nitrogens with zero attached hydrogens (tertiary/aromatic N) is 3. The number of carbonyl (C=O) groups is 1. The van der Waals surface area contributed by atoms with E-state index in [0.717, 1.165) is 43.9 Å². The van der Waals surface area contributed by atoms with Crippen LogP contribution in [0.1, 0.15) is 29.8 Å². The first-order valence-electron chi connectivity index (χ1n) is 8.11. The summed E-state index contributed by atoms with van der Waals surface area (Å²) in [5.74, 6) is 0.174. The predicted molar refractivity (Wildman–Crippen MR) is 87.7 cm³/mol. The van der Waals surface area contributed by atoms with Crippen molar-refractivity contribution in [1.82, 2.24) is 25.2 Å². The van der Waals surface area contributed by atoms with Gasteiger partial charge in [0.05, 0.1) is 18.4 Å². The van der Waals surface area contributed by atoms with Crippen LogP contribution < -0.4 is 5.32 Å². The van der Waals surface area contributed by atoms with E-state index in [9.17, 15) is 4.79 Å². The molecule has 1 aliphatic rings. The molecule has 0 bridgehead atoms. The Hall–Kier alpha value is -2.21. The smallest absolute Gasteiger partial charge is 0.228 e. The molecule has 0 unspecified atom stereocenters. The molecule has 6 heteroatoms. The van der Waals surface area contributed by atoms with Gasteiger partial charge in [0.1, 0.15) is 0 Å². The van der Waals surface area contributed by atoms with Crippen molar-refractivity contribution in [2.24, 2.45) is 0 Å². The van der Waals surface area contributed by atoms with Gasteiger partial charge in [0.2, 0.25) is 5.91 Å². The number of piperidine rings is 1. The van der Waals surface area contributed by atoms with E-state index in [1.54, 1.807) is 12.5 Å². The summed E-state index contributed by atoms with van der Waals surface area (Å²) in [5, 5.41) is 3.57. The summed E-state index contributed by atoms with van der Waals surface area (Å²) in [6, 6.07) is 4.50. The lowest BCUT2D eigenvalue weighted by molar-refractivity contribution is -0.131. The molecule has 2 aromatic heterocycles. The lowest BCUT2D eigenvalue weighted by Crippen LogP contribution is -2.45. The second-order valence-corrected chi connectivity index (χ2v) is 6.06. The highest BCUT2D eigenvalue weighted by molar-refractivity contribution is 5.78. The number of H-pyrrole nitrogens is 1. The molecule has 1 fully saturated rings. The van der Waals surface area contributed by atoms with Crippen LogP contribution in [0.3, 0.4) is 0 Å². The van der Waals surface area contributed by atoms with Gasteiger partial charge in [0.25, 0.3) is 0 Å². The molecule has 1 saturated heterocycles. The Balaban J connectivity index is 1.43. The summed E-state index contributed by atoms with van der Waals surface area (Å²) in [6.45, 7) is 4.50. The minimum absolute atomic E-state index is 0.174. The molecule has 122 valence electrons. The van der Waals surface area contributed by atoms with Crippen molar-refractivity contribution in [2.75, 3.05) is 13.1 Å². The van der Waals surface area contributed by atoms with E-state index in [4.69, 9.17) is 0 Å². The van der Waals surface area contributed by atoms with Gasteiger partial charge in [-0.05, 0) is 31.4 Å². The zero-order valence-corrected chi connectivity index (χ0v) is 13.5. The van der Waals surface area contributed by atoms with Crippen LogP contribution in [-0.2, 0) is 17.8 Å². The zero-order chi connectivity index (χ0) is 16.1. The SMILES string of the molecule is Cc1cccnc1CNC1CCN(C(=O)Cc2cnc[nH]2)CC1. The highest BCUT2D eigenvalue weighted by atomic mass is 16.2. The van der Waals surface area contributed by atoms with Crippen LogP contribution in [0.15, 0.2) is 30.9 Å². The van der Waals surface area contributed by atoms with E-state index in [1.165, 1.54) is 5.56 Å². The van der Waals surface area contributed by atoms with Crippen LogP contribution in [0, 0.1) is 6.92 Å². The molecule has 0 radical (unpaired) electrons. The summed E-state index contributed by atoms with van der Waals surface area (Å²) in [7, 11) is 0. The second kappa shape index (κ2) is 7.37. The van der Waals surface area contributed by atoms with Gasteiger partial charge < -0.3 is 15.2 Å². The van der Waals surface area contributed by atoms with Gasteiger partial charge in [-0.15, -0.1) is 0 Å². The molecule has 3 heterocycles. The van der Waals surface area contributed by atoms with Gasteiger partial charge in [0, 0.05) is 43.8 Å². The third kappa shape index (κ3) is 4.16. The van der Waals surface area contributed by atoms with Crippen molar-refractivity contribution in [3.63, 3.8) is 0 Å². The maximum atomic E-state index is 12.2. The fourth-order valence-electron chi connectivity index (χ4n) is 2.93. The number of hydrogen-bond acceptors (Lipinski definition) is 4. The summed E-state index contributed by atoms with van der Waals surface area (Å²) in [6.07, 6.45) is 7.53. The Labute approximate surface area is 136 Å². The molecule has 6 nitrogen and oxygen atoms in total. The van der Waals surface area contributed by atoms with Crippen molar-refractivity contribution in [3.05, 3.63) is 47.8 Å². The lowest BCUT2D eigenvalue weighted by Gasteiger charge is -2.32. The number of rotatable bonds is 5. The standard InChI is InChI=1S/C17H23N5O/c1-13-3-2-6-19-16(13)11-20-14-4-7-22(8-5-14)17(23)9-15-10-18-12-21-15/h2-3,6,10,12,14,20H,4-5,7-9,11H2,1H3,(H,18,21). The van der Waals surface area contributed by atoms with Crippen molar-refractivity contribution in [3.8, 4) is 0 Å². The number of hydrogen-bond donors (Lipinski definition) is 2. The van der Waals surface area contributed by atoms with Crippen LogP contribution in [0.25, 0.3) is 0 Å². The van der Waals surface area contributed by atoms with Crippen LogP contribution in [0.2, 0.25) is 0 Å². The lowest BCUT2D eigenvalue weighted by atomic mass is 10.0. The van der Waals surface area contributed by atoms with Gasteiger partial charge in [-0.2, -0.15) is 0 Å². The van der Waals surface area contributed by atoms with E-state index in [2.05, 4.69) is 33.3 Å². The Morgan fingerprint density at radius 2 is 2.26 bits per heavy atom. The number of aromatic amines is 1. The molecule has 1 aliphatic heterocycles. The van der Waals surface area contributed by atoms with E-state index < -0.39 is 0 Å². The number of imidazole rings is 1. The minimum atomic E-state index is 0.174. The van der Waals surface area contributed by atoms with Crippen molar-refractivity contribution < 1.29 is 4.79 Å². The number of nitrogens with one attached hydrogen (secondary N) is 2. The highest BCUT2D eigenvalue weighted by Crippen LogP contribution is 2.13. The molecule has 0 aliphatic carbocycles. The molecular formula is C17H23N5O. The minimum Gasteiger partial charge on any atom is -0.348 e. The third-order valence-electron chi connectivity index (χ3n) is 4.42. The molecule has 23 heavy (non-hydrogen) atoms. The van der Waals surface area contributed by atoms with Crippen molar-refractivity contribution in [2.45, 2.75) is 38.8 Å². The van der Waals surface area contributed by atoms with Crippen LogP contribution in [0.4, 0.5) is 0 Å². The van der Waals surface area contributed by atoms with Gasteiger partial charge in [-0.1, -0.05) is 6.07 Å². The average Bonchev–Trinajstić information content (AvgIpc) is 3.07. The molecular weight excluding hydrogens is 290 g/mol. The maximum Gasteiger partial charge on any atom is 0.228 e. The molecule has 0 saturated carbocycles. The molecule has 3 rings (SSSR count). The van der Waals surface area contributed by atoms with Gasteiger partial charge in [0.15, 0.2) is 0 Å². The van der Waals surface area contributed by atoms with Crippen LogP contribution in [0.5, 0.6) is 0 Å². The molecule has 1 amide bonds. The van der Waals surface area contributed by atoms with Gasteiger partial charge in [-0.3, -0.25) is 9.78 Å². The first-order valence-corrected chi connectivity index (χ1v) is 8.11. The molecule has 2 N–H and O–H groups in total. The molecule has 0 atom stereocenters. The van der Waals surface area contributed by atoms with Crippen LogP contribution >= 0.6 is 0 Å². The number of amides is 1. The monoisotopic (exact) mass is 313 g/mol.